The number of rotatable bonds is 7. The molecule has 1 aliphatic heterocycles. The van der Waals surface area contributed by atoms with E-state index in [1.165, 1.54) is 6.07 Å². The van der Waals surface area contributed by atoms with Gasteiger partial charge in [0.25, 0.3) is 0 Å². The minimum Gasteiger partial charge on any atom is -0.495 e. The first-order valence-corrected chi connectivity index (χ1v) is 9.26. The average Bonchev–Trinajstić information content (AvgIpc) is 2.73. The van der Waals surface area contributed by atoms with Gasteiger partial charge in [0.1, 0.15) is 11.6 Å². The number of nitrogens with one attached hydrogen (secondary N) is 1. The zero-order chi connectivity index (χ0) is 19.9. The minimum atomic E-state index is -0.302. The fraction of sp³-hybridized carbons (Fsp3) is 0.333. The molecule has 1 heterocycles. The van der Waals surface area contributed by atoms with Crippen LogP contribution < -0.4 is 15.0 Å². The summed E-state index contributed by atoms with van der Waals surface area (Å²) < 4.78 is 19.1. The Morgan fingerprint density at radius 1 is 1.18 bits per heavy atom. The molecule has 0 unspecified atom stereocenters. The van der Waals surface area contributed by atoms with Crippen LogP contribution in [0.3, 0.4) is 0 Å². The number of hydrogen-bond acceptors (Lipinski definition) is 4. The molecule has 1 fully saturated rings. The normalized spacial score (nSPS) is 13.9. The molecule has 1 N–H and O–H groups in total. The van der Waals surface area contributed by atoms with Gasteiger partial charge in [-0.1, -0.05) is 18.2 Å². The molecule has 28 heavy (non-hydrogen) atoms. The van der Waals surface area contributed by atoms with E-state index in [1.807, 2.05) is 18.2 Å². The predicted molar refractivity (Wildman–Crippen MR) is 106 cm³/mol. The lowest BCUT2D eigenvalue weighted by atomic mass is 10.1. The molecule has 0 radical (unpaired) electrons. The van der Waals surface area contributed by atoms with Crippen molar-refractivity contribution in [1.29, 1.82) is 0 Å². The molecule has 0 saturated carbocycles. The van der Waals surface area contributed by atoms with Crippen molar-refractivity contribution >= 4 is 23.7 Å². The van der Waals surface area contributed by atoms with Gasteiger partial charge in [-0.25, -0.2) is 4.39 Å². The van der Waals surface area contributed by atoms with E-state index in [9.17, 15) is 14.0 Å². The van der Waals surface area contributed by atoms with Crippen molar-refractivity contribution < 1.29 is 18.7 Å². The third kappa shape index (κ3) is 4.79. The molecule has 0 bridgehead atoms. The topological polar surface area (TPSA) is 61.9 Å². The van der Waals surface area contributed by atoms with Gasteiger partial charge in [0, 0.05) is 38.3 Å². The van der Waals surface area contributed by atoms with Crippen LogP contribution in [0.2, 0.25) is 0 Å². The molecular weight excluding hydrogens is 361 g/mol. The molecule has 3 rings (SSSR count). The van der Waals surface area contributed by atoms with Crippen LogP contribution in [0.25, 0.3) is 0 Å². The third-order valence-corrected chi connectivity index (χ3v) is 4.86. The Bertz CT molecular complexity index is 835. The van der Waals surface area contributed by atoms with Gasteiger partial charge in [-0.3, -0.25) is 9.59 Å². The summed E-state index contributed by atoms with van der Waals surface area (Å²) in [5.74, 6) is 0.0586. The zero-order valence-corrected chi connectivity index (χ0v) is 15.9. The van der Waals surface area contributed by atoms with E-state index in [0.29, 0.717) is 36.5 Å². The maximum absolute atomic E-state index is 13.7. The van der Waals surface area contributed by atoms with Gasteiger partial charge in [0.2, 0.25) is 12.3 Å². The number of amides is 2. The Labute approximate surface area is 163 Å². The molecule has 0 atom stereocenters. The summed E-state index contributed by atoms with van der Waals surface area (Å²) in [5, 5.41) is 2.87. The van der Waals surface area contributed by atoms with Crippen molar-refractivity contribution in [3.8, 4) is 5.75 Å². The first-order valence-electron chi connectivity index (χ1n) is 9.26. The second kappa shape index (κ2) is 9.21. The van der Waals surface area contributed by atoms with Crippen molar-refractivity contribution in [2.45, 2.75) is 12.8 Å². The van der Waals surface area contributed by atoms with Crippen LogP contribution in [-0.4, -0.2) is 50.5 Å². The van der Waals surface area contributed by atoms with Gasteiger partial charge in [-0.05, 0) is 36.2 Å². The molecule has 0 spiro atoms. The van der Waals surface area contributed by atoms with Gasteiger partial charge in [0.05, 0.1) is 12.8 Å². The second-order valence-electron chi connectivity index (χ2n) is 6.65. The summed E-state index contributed by atoms with van der Waals surface area (Å²) in [5.41, 5.74) is 2.05. The van der Waals surface area contributed by atoms with Crippen molar-refractivity contribution in [2.75, 3.05) is 43.5 Å². The molecule has 1 saturated heterocycles. The summed E-state index contributed by atoms with van der Waals surface area (Å²) in [6, 6.07) is 12.1. The molecule has 6 nitrogen and oxygen atoms in total. The minimum absolute atomic E-state index is 0.173. The number of anilines is 2. The molecule has 7 heteroatoms. The largest absolute Gasteiger partial charge is 0.495 e. The fourth-order valence-corrected chi connectivity index (χ4v) is 3.24. The Morgan fingerprint density at radius 3 is 2.61 bits per heavy atom. The molecular formula is C21H24FN3O3. The maximum Gasteiger partial charge on any atom is 0.224 e. The predicted octanol–water partition coefficient (Wildman–Crippen LogP) is 2.68. The summed E-state index contributed by atoms with van der Waals surface area (Å²) in [7, 11) is 1.55. The van der Waals surface area contributed by atoms with E-state index in [4.69, 9.17) is 4.74 Å². The number of methoxy groups -OCH3 is 1. The van der Waals surface area contributed by atoms with Gasteiger partial charge in [0.15, 0.2) is 0 Å². The highest BCUT2D eigenvalue weighted by atomic mass is 19.1. The molecule has 2 aromatic rings. The number of carbonyl (C=O) groups is 2. The lowest BCUT2D eigenvalue weighted by Gasteiger charge is -2.34. The lowest BCUT2D eigenvalue weighted by Crippen LogP contribution is -2.45. The number of hydrogen-bond donors (Lipinski definition) is 1. The number of nitrogens with zero attached hydrogens (tertiary/aromatic N) is 2. The van der Waals surface area contributed by atoms with E-state index in [-0.39, 0.29) is 18.1 Å². The number of benzene rings is 2. The van der Waals surface area contributed by atoms with Gasteiger partial charge in [-0.2, -0.15) is 0 Å². The fourth-order valence-electron chi connectivity index (χ4n) is 3.24. The van der Waals surface area contributed by atoms with Crippen LogP contribution in [0, 0.1) is 5.82 Å². The first kappa shape index (κ1) is 19.7. The lowest BCUT2D eigenvalue weighted by molar-refractivity contribution is -0.118. The number of piperazine rings is 1. The van der Waals surface area contributed by atoms with E-state index >= 15 is 0 Å². The Kier molecular flexibility index (Phi) is 6.47. The zero-order valence-electron chi connectivity index (χ0n) is 15.9. The monoisotopic (exact) mass is 385 g/mol. The Hall–Kier alpha value is -3.09. The molecule has 2 amide bonds. The molecule has 0 aromatic heterocycles. The highest BCUT2D eigenvalue weighted by Gasteiger charge is 2.18. The number of carbonyl (C=O) groups excluding carboxylic acids is 2. The molecule has 148 valence electrons. The van der Waals surface area contributed by atoms with E-state index < -0.39 is 0 Å². The number of halogens is 1. The van der Waals surface area contributed by atoms with Crippen LogP contribution in [0.1, 0.15) is 12.0 Å². The van der Waals surface area contributed by atoms with Crippen molar-refractivity contribution in [2.24, 2.45) is 0 Å². The molecule has 1 aliphatic rings. The van der Waals surface area contributed by atoms with Crippen molar-refractivity contribution in [3.63, 3.8) is 0 Å². The first-order chi connectivity index (χ1) is 13.6. The van der Waals surface area contributed by atoms with Crippen LogP contribution in [0.5, 0.6) is 5.75 Å². The van der Waals surface area contributed by atoms with E-state index in [2.05, 4.69) is 10.2 Å². The average molecular weight is 385 g/mol. The van der Waals surface area contributed by atoms with Gasteiger partial charge in [-0.15, -0.1) is 0 Å². The standard InChI is InChI=1S/C21H24FN3O3/c1-28-20-8-7-17(25-12-10-24(15-26)11-13-25)14-19(20)23-21(27)9-6-16-4-2-3-5-18(16)22/h2-5,7-8,14-15H,6,9-13H2,1H3,(H,23,27). The Morgan fingerprint density at radius 2 is 1.93 bits per heavy atom. The van der Waals surface area contributed by atoms with Crippen LogP contribution in [0.4, 0.5) is 15.8 Å². The second-order valence-corrected chi connectivity index (χ2v) is 6.65. The Balaban J connectivity index is 1.65. The van der Waals surface area contributed by atoms with E-state index in [1.54, 1.807) is 30.2 Å². The smallest absolute Gasteiger partial charge is 0.224 e. The summed E-state index contributed by atoms with van der Waals surface area (Å²) in [6.07, 6.45) is 1.37. The summed E-state index contributed by atoms with van der Waals surface area (Å²) in [6.45, 7) is 2.79. The van der Waals surface area contributed by atoms with Gasteiger partial charge >= 0.3 is 0 Å². The van der Waals surface area contributed by atoms with Crippen LogP contribution >= 0.6 is 0 Å². The number of aryl methyl sites for hydroxylation is 1. The quantitative estimate of drug-likeness (QED) is 0.745. The van der Waals surface area contributed by atoms with Crippen molar-refractivity contribution in [1.82, 2.24) is 4.90 Å². The van der Waals surface area contributed by atoms with Crippen molar-refractivity contribution in [3.05, 3.63) is 53.8 Å². The molecule has 2 aromatic carbocycles. The molecule has 0 aliphatic carbocycles. The SMILES string of the molecule is COc1ccc(N2CCN(C=O)CC2)cc1NC(=O)CCc1ccccc1F. The van der Waals surface area contributed by atoms with E-state index in [0.717, 1.165) is 25.2 Å². The summed E-state index contributed by atoms with van der Waals surface area (Å²) >= 11 is 0. The highest BCUT2D eigenvalue weighted by Crippen LogP contribution is 2.30. The maximum atomic E-state index is 13.7. The highest BCUT2D eigenvalue weighted by molar-refractivity contribution is 5.93. The summed E-state index contributed by atoms with van der Waals surface area (Å²) in [4.78, 5) is 27.2. The van der Waals surface area contributed by atoms with Crippen LogP contribution in [0.15, 0.2) is 42.5 Å². The number of ether oxygens (including phenoxy) is 1. The van der Waals surface area contributed by atoms with Crippen LogP contribution in [-0.2, 0) is 16.0 Å². The third-order valence-electron chi connectivity index (χ3n) is 4.86. The van der Waals surface area contributed by atoms with Gasteiger partial charge < -0.3 is 19.9 Å².